The van der Waals surface area contributed by atoms with Gasteiger partial charge in [-0.3, -0.25) is 0 Å². The Morgan fingerprint density at radius 3 is 0.885 bits per heavy atom. The highest BCUT2D eigenvalue weighted by molar-refractivity contribution is 6.14. The molecule has 0 saturated heterocycles. The molecule has 5 aromatic heterocycles. The van der Waals surface area contributed by atoms with E-state index >= 15 is 0 Å². The van der Waals surface area contributed by atoms with Crippen molar-refractivity contribution in [2.75, 3.05) is 0 Å². The highest BCUT2D eigenvalue weighted by Gasteiger charge is 2.25. The lowest BCUT2D eigenvalue weighted by Crippen LogP contribution is -2.07. The van der Waals surface area contributed by atoms with E-state index < -0.39 is 0 Å². The van der Waals surface area contributed by atoms with Crippen LogP contribution in [0.1, 0.15) is 5.56 Å². The summed E-state index contributed by atoms with van der Waals surface area (Å²) in [6, 6.07) is 92.0. The smallest absolute Gasteiger partial charge is 0.164 e. The zero-order chi connectivity index (χ0) is 51.4. The minimum absolute atomic E-state index is 0.485. The standard InChI is InChI=1S/C70H42N8/c71-43-57-66(77-62-33-17-11-27-53(62)55-41-47(35-37-64(55)77)75-58-29-13-7-23-49(58)50-24-8-14-30-59(50)75)39-46(70-73-68(44-19-3-1-4-20-44)72-69(74-70)45-21-5-2-6-22-45)40-67(57)78-63-34-18-12-28-54(63)56-42-48(36-38-65(56)78)76-60-31-15-9-25-51(60)52-26-10-16-32-61(52)76/h1-42H. The molecule has 5 heterocycles. The molecule has 0 N–H and O–H groups in total. The Morgan fingerprint density at radius 1 is 0.256 bits per heavy atom. The van der Waals surface area contributed by atoms with Gasteiger partial charge >= 0.3 is 0 Å². The Balaban J connectivity index is 0.993. The fourth-order valence-corrected chi connectivity index (χ4v) is 12.3. The Labute approximate surface area is 446 Å². The van der Waals surface area contributed by atoms with Crippen LogP contribution in [0.4, 0.5) is 0 Å². The summed E-state index contributed by atoms with van der Waals surface area (Å²) in [6.07, 6.45) is 0. The van der Waals surface area contributed by atoms with Crippen LogP contribution in [-0.2, 0) is 0 Å². The summed E-state index contributed by atoms with van der Waals surface area (Å²) in [6.45, 7) is 0. The molecule has 0 radical (unpaired) electrons. The molecule has 0 spiro atoms. The zero-order valence-electron chi connectivity index (χ0n) is 41.8. The molecule has 0 saturated carbocycles. The normalized spacial score (nSPS) is 11.8. The summed E-state index contributed by atoms with van der Waals surface area (Å²) in [5.74, 6) is 1.59. The van der Waals surface area contributed by atoms with Gasteiger partial charge < -0.3 is 18.3 Å². The zero-order valence-corrected chi connectivity index (χ0v) is 41.8. The van der Waals surface area contributed by atoms with Crippen molar-refractivity contribution < 1.29 is 0 Å². The van der Waals surface area contributed by atoms with Gasteiger partial charge in [-0.05, 0) is 84.9 Å². The molecule has 0 bridgehead atoms. The van der Waals surface area contributed by atoms with Gasteiger partial charge in [-0.2, -0.15) is 5.26 Å². The molecule has 0 unspecified atom stereocenters. The fourth-order valence-electron chi connectivity index (χ4n) is 12.3. The number of benzene rings is 11. The van der Waals surface area contributed by atoms with E-state index in [2.05, 4.69) is 218 Å². The molecule has 0 fully saturated rings. The van der Waals surface area contributed by atoms with Crippen molar-refractivity contribution in [1.82, 2.24) is 33.2 Å². The molecule has 16 rings (SSSR count). The average Bonchev–Trinajstić information content (AvgIpc) is 4.41. The van der Waals surface area contributed by atoms with Gasteiger partial charge in [0, 0.05) is 71.2 Å². The molecular formula is C70H42N8. The highest BCUT2D eigenvalue weighted by Crippen LogP contribution is 2.43. The number of fused-ring (bicyclic) bond motifs is 12. The van der Waals surface area contributed by atoms with Gasteiger partial charge in [0.25, 0.3) is 0 Å². The molecule has 0 aliphatic rings. The molecule has 0 aliphatic carbocycles. The van der Waals surface area contributed by atoms with E-state index in [0.29, 0.717) is 34.4 Å². The Hall–Kier alpha value is -10.9. The molecule has 8 heteroatoms. The maximum absolute atomic E-state index is 11.9. The number of hydrogen-bond donors (Lipinski definition) is 0. The lowest BCUT2D eigenvalue weighted by molar-refractivity contribution is 1.06. The first kappa shape index (κ1) is 43.5. The first-order valence-electron chi connectivity index (χ1n) is 26.2. The van der Waals surface area contributed by atoms with Gasteiger partial charge in [-0.15, -0.1) is 0 Å². The third-order valence-electron chi connectivity index (χ3n) is 15.6. The van der Waals surface area contributed by atoms with Crippen molar-refractivity contribution in [3.63, 3.8) is 0 Å². The summed E-state index contributed by atoms with van der Waals surface area (Å²) < 4.78 is 9.25. The predicted molar refractivity (Wildman–Crippen MR) is 318 cm³/mol. The van der Waals surface area contributed by atoms with Crippen molar-refractivity contribution in [3.05, 3.63) is 260 Å². The van der Waals surface area contributed by atoms with E-state index in [-0.39, 0.29) is 0 Å². The molecule has 78 heavy (non-hydrogen) atoms. The number of nitriles is 1. The maximum atomic E-state index is 11.9. The van der Waals surface area contributed by atoms with E-state index in [9.17, 15) is 5.26 Å². The van der Waals surface area contributed by atoms with Crippen molar-refractivity contribution in [2.24, 2.45) is 0 Å². The first-order valence-corrected chi connectivity index (χ1v) is 26.2. The maximum Gasteiger partial charge on any atom is 0.164 e. The number of para-hydroxylation sites is 6. The van der Waals surface area contributed by atoms with Crippen molar-refractivity contribution in [3.8, 4) is 63.0 Å². The molecule has 362 valence electrons. The Bertz CT molecular complexity index is 4750. The van der Waals surface area contributed by atoms with Crippen LogP contribution in [0, 0.1) is 11.3 Å². The van der Waals surface area contributed by atoms with E-state index in [0.717, 1.165) is 93.7 Å². The van der Waals surface area contributed by atoms with Gasteiger partial charge in [0.15, 0.2) is 17.5 Å². The van der Waals surface area contributed by atoms with Gasteiger partial charge in [-0.25, -0.2) is 15.0 Å². The summed E-state index contributed by atoms with van der Waals surface area (Å²) in [5.41, 5.74) is 14.9. The molecule has 0 atom stereocenters. The minimum atomic E-state index is 0.485. The number of hydrogen-bond acceptors (Lipinski definition) is 4. The van der Waals surface area contributed by atoms with Crippen molar-refractivity contribution in [1.29, 1.82) is 5.26 Å². The quantitative estimate of drug-likeness (QED) is 0.159. The van der Waals surface area contributed by atoms with Crippen LogP contribution < -0.4 is 0 Å². The van der Waals surface area contributed by atoms with E-state index in [1.807, 2.05) is 60.7 Å². The number of rotatable bonds is 7. The highest BCUT2D eigenvalue weighted by atomic mass is 15.1. The van der Waals surface area contributed by atoms with Gasteiger partial charge in [0.1, 0.15) is 11.6 Å². The second-order valence-corrected chi connectivity index (χ2v) is 19.9. The van der Waals surface area contributed by atoms with Gasteiger partial charge in [-0.1, -0.05) is 170 Å². The van der Waals surface area contributed by atoms with Crippen LogP contribution in [0.15, 0.2) is 255 Å². The van der Waals surface area contributed by atoms with E-state index in [4.69, 9.17) is 15.0 Å². The second kappa shape index (κ2) is 17.1. The lowest BCUT2D eigenvalue weighted by atomic mass is 10.0. The van der Waals surface area contributed by atoms with Crippen molar-refractivity contribution >= 4 is 87.2 Å². The lowest BCUT2D eigenvalue weighted by Gasteiger charge is -2.18. The molecular weight excluding hydrogens is 953 g/mol. The molecule has 11 aromatic carbocycles. The first-order chi connectivity index (χ1) is 38.7. The number of aromatic nitrogens is 7. The predicted octanol–water partition coefficient (Wildman–Crippen LogP) is 17.1. The topological polar surface area (TPSA) is 82.2 Å². The van der Waals surface area contributed by atoms with E-state index in [1.54, 1.807) is 0 Å². The Morgan fingerprint density at radius 2 is 0.538 bits per heavy atom. The van der Waals surface area contributed by atoms with Gasteiger partial charge in [0.05, 0.1) is 55.5 Å². The summed E-state index contributed by atoms with van der Waals surface area (Å²) in [7, 11) is 0. The average molecular weight is 995 g/mol. The third kappa shape index (κ3) is 6.49. The van der Waals surface area contributed by atoms with Crippen LogP contribution >= 0.6 is 0 Å². The molecule has 0 aliphatic heterocycles. The van der Waals surface area contributed by atoms with Crippen LogP contribution in [0.25, 0.3) is 144 Å². The fraction of sp³-hybridized carbons (Fsp3) is 0. The SMILES string of the molecule is N#Cc1c(-n2c3ccccc3c3cc(-n4c5ccccc5c5ccccc54)ccc32)cc(-c2nc(-c3ccccc3)nc(-c3ccccc3)n2)cc1-n1c2ccccc2c2cc(-n3c4ccccc4c4ccccc43)ccc21. The third-order valence-corrected chi connectivity index (χ3v) is 15.6. The van der Waals surface area contributed by atoms with Crippen LogP contribution in [-0.4, -0.2) is 33.2 Å². The largest absolute Gasteiger partial charge is 0.309 e. The summed E-state index contributed by atoms with van der Waals surface area (Å²) >= 11 is 0. The monoisotopic (exact) mass is 994 g/mol. The van der Waals surface area contributed by atoms with Crippen LogP contribution in [0.3, 0.4) is 0 Å². The second-order valence-electron chi connectivity index (χ2n) is 19.9. The van der Waals surface area contributed by atoms with E-state index in [1.165, 1.54) is 21.5 Å². The molecule has 16 aromatic rings. The van der Waals surface area contributed by atoms with Crippen LogP contribution in [0.5, 0.6) is 0 Å². The molecule has 8 nitrogen and oxygen atoms in total. The summed E-state index contributed by atoms with van der Waals surface area (Å²) in [4.78, 5) is 15.7. The Kier molecular flexibility index (Phi) is 9.53. The minimum Gasteiger partial charge on any atom is -0.309 e. The molecule has 0 amide bonds. The van der Waals surface area contributed by atoms with Crippen LogP contribution in [0.2, 0.25) is 0 Å². The number of nitrogens with zero attached hydrogens (tertiary/aromatic N) is 8. The van der Waals surface area contributed by atoms with Gasteiger partial charge in [0.2, 0.25) is 0 Å². The summed E-state index contributed by atoms with van der Waals surface area (Å²) in [5, 5.41) is 21.0. The van der Waals surface area contributed by atoms with Crippen molar-refractivity contribution in [2.45, 2.75) is 0 Å².